The van der Waals surface area contributed by atoms with Crippen LogP contribution in [-0.2, 0) is 0 Å². The topological polar surface area (TPSA) is 88.7 Å². The molecule has 6 heteroatoms. The smallest absolute Gasteiger partial charge is 0.164 e. The largest absolute Gasteiger partial charge is 0.456 e. The molecular weight excluding hydrogens is 641 g/mol. The molecule has 10 aromatic rings. The number of furan rings is 2. The molecule has 0 amide bonds. The number of nitrogens with zero attached hydrogens (tertiary/aromatic N) is 4. The van der Waals surface area contributed by atoms with Gasteiger partial charge in [-0.1, -0.05) is 121 Å². The average molecular weight is 667 g/mol. The summed E-state index contributed by atoms with van der Waals surface area (Å²) in [6.07, 6.45) is 0. The van der Waals surface area contributed by atoms with E-state index in [4.69, 9.17) is 23.8 Å². The predicted octanol–water partition coefficient (Wildman–Crippen LogP) is 11.9. The van der Waals surface area contributed by atoms with Crippen LogP contribution in [0, 0.1) is 11.3 Å². The average Bonchev–Trinajstić information content (AvgIpc) is 3.79. The summed E-state index contributed by atoms with van der Waals surface area (Å²) in [5.41, 5.74) is 10.2. The van der Waals surface area contributed by atoms with Gasteiger partial charge in [-0.05, 0) is 58.7 Å². The Labute approximate surface area is 297 Å². The highest BCUT2D eigenvalue weighted by Gasteiger charge is 2.18. The van der Waals surface area contributed by atoms with Crippen LogP contribution in [0.5, 0.6) is 0 Å². The standard InChI is InChI=1S/C46H26N4O2/c47-27-34-13-7-15-37-36-23-21-32(25-40(36)52-43(34)37)45-48-44(31-19-17-29(18-20-31)28-9-3-1-4-10-28)49-46(50-45)33-22-24-38-41(26-33)51-39-16-8-14-35(42(38)39)30-11-5-2-6-12-30/h1-26H. The molecule has 0 radical (unpaired) electrons. The van der Waals surface area contributed by atoms with Gasteiger partial charge >= 0.3 is 0 Å². The summed E-state index contributed by atoms with van der Waals surface area (Å²) >= 11 is 0. The molecular formula is C46H26N4O2. The third kappa shape index (κ3) is 4.92. The van der Waals surface area contributed by atoms with Crippen LogP contribution in [0.1, 0.15) is 5.56 Å². The summed E-state index contributed by atoms with van der Waals surface area (Å²) < 4.78 is 12.7. The van der Waals surface area contributed by atoms with Gasteiger partial charge in [-0.2, -0.15) is 5.26 Å². The molecule has 0 aliphatic rings. The van der Waals surface area contributed by atoms with Gasteiger partial charge in [0.2, 0.25) is 0 Å². The number of nitriles is 1. The fourth-order valence-corrected chi connectivity index (χ4v) is 7.05. The fraction of sp³-hybridized carbons (Fsp3) is 0. The Kier molecular flexibility index (Phi) is 6.76. The van der Waals surface area contributed by atoms with Crippen LogP contribution in [-0.4, -0.2) is 15.0 Å². The first-order valence-corrected chi connectivity index (χ1v) is 17.0. The van der Waals surface area contributed by atoms with Gasteiger partial charge in [0, 0.05) is 38.2 Å². The third-order valence-electron chi connectivity index (χ3n) is 9.60. The zero-order valence-electron chi connectivity index (χ0n) is 27.6. The third-order valence-corrected chi connectivity index (χ3v) is 9.60. The quantitative estimate of drug-likeness (QED) is 0.182. The van der Waals surface area contributed by atoms with Gasteiger partial charge in [0.05, 0.1) is 5.56 Å². The fourth-order valence-electron chi connectivity index (χ4n) is 7.05. The highest BCUT2D eigenvalue weighted by molar-refractivity contribution is 6.13. The lowest BCUT2D eigenvalue weighted by atomic mass is 9.99. The van der Waals surface area contributed by atoms with E-state index in [1.54, 1.807) is 6.07 Å². The number of hydrogen-bond acceptors (Lipinski definition) is 6. The van der Waals surface area contributed by atoms with Crippen molar-refractivity contribution in [2.45, 2.75) is 0 Å². The Balaban J connectivity index is 1.13. The Morgan fingerprint density at radius 2 is 0.962 bits per heavy atom. The summed E-state index contributed by atoms with van der Waals surface area (Å²) in [5.74, 6) is 1.58. The van der Waals surface area contributed by atoms with Gasteiger partial charge in [0.15, 0.2) is 23.1 Å². The molecule has 0 aliphatic heterocycles. The molecule has 0 bridgehead atoms. The van der Waals surface area contributed by atoms with Crippen LogP contribution in [0.4, 0.5) is 0 Å². The number of benzene rings is 7. The number of aromatic nitrogens is 3. The van der Waals surface area contributed by atoms with E-state index in [9.17, 15) is 5.26 Å². The highest BCUT2D eigenvalue weighted by Crippen LogP contribution is 2.39. The molecule has 7 aromatic carbocycles. The minimum atomic E-state index is 0.496. The summed E-state index contributed by atoms with van der Waals surface area (Å²) in [6.45, 7) is 0. The second-order valence-corrected chi connectivity index (χ2v) is 12.7. The zero-order valence-corrected chi connectivity index (χ0v) is 27.6. The van der Waals surface area contributed by atoms with Crippen molar-refractivity contribution in [3.05, 3.63) is 163 Å². The lowest BCUT2D eigenvalue weighted by molar-refractivity contribution is 0.667. The molecule has 0 fully saturated rings. The Morgan fingerprint density at radius 3 is 1.65 bits per heavy atom. The maximum atomic E-state index is 9.68. The van der Waals surface area contributed by atoms with Crippen LogP contribution in [0.25, 0.3) is 100 Å². The van der Waals surface area contributed by atoms with E-state index < -0.39 is 0 Å². The molecule has 6 nitrogen and oxygen atoms in total. The molecule has 0 atom stereocenters. The normalized spacial score (nSPS) is 11.4. The first-order valence-electron chi connectivity index (χ1n) is 17.0. The first-order chi connectivity index (χ1) is 25.7. The van der Waals surface area contributed by atoms with E-state index in [0.29, 0.717) is 34.2 Å². The zero-order chi connectivity index (χ0) is 34.6. The predicted molar refractivity (Wildman–Crippen MR) is 206 cm³/mol. The van der Waals surface area contributed by atoms with Gasteiger partial charge < -0.3 is 8.83 Å². The van der Waals surface area contributed by atoms with Crippen LogP contribution in [0.15, 0.2) is 167 Å². The molecule has 0 saturated heterocycles. The van der Waals surface area contributed by atoms with E-state index in [1.165, 1.54) is 0 Å². The van der Waals surface area contributed by atoms with Crippen molar-refractivity contribution in [3.63, 3.8) is 0 Å². The molecule has 0 unspecified atom stereocenters. The molecule has 242 valence electrons. The molecule has 0 saturated carbocycles. The molecule has 0 spiro atoms. The maximum Gasteiger partial charge on any atom is 0.164 e. The molecule has 0 N–H and O–H groups in total. The Bertz CT molecular complexity index is 3010. The number of fused-ring (bicyclic) bond motifs is 6. The van der Waals surface area contributed by atoms with E-state index in [2.05, 4.69) is 66.7 Å². The molecule has 3 aromatic heterocycles. The van der Waals surface area contributed by atoms with E-state index >= 15 is 0 Å². The second-order valence-electron chi connectivity index (χ2n) is 12.7. The van der Waals surface area contributed by atoms with Gasteiger partial charge in [-0.25, -0.2) is 15.0 Å². The maximum absolute atomic E-state index is 9.68. The van der Waals surface area contributed by atoms with Gasteiger partial charge in [-0.3, -0.25) is 0 Å². The Morgan fingerprint density at radius 1 is 0.404 bits per heavy atom. The van der Waals surface area contributed by atoms with Crippen molar-refractivity contribution in [2.75, 3.05) is 0 Å². The lowest BCUT2D eigenvalue weighted by Gasteiger charge is -2.09. The van der Waals surface area contributed by atoms with Crippen molar-refractivity contribution in [1.29, 1.82) is 5.26 Å². The van der Waals surface area contributed by atoms with Crippen LogP contribution in [0.2, 0.25) is 0 Å². The van der Waals surface area contributed by atoms with E-state index in [1.807, 2.05) is 91.0 Å². The van der Waals surface area contributed by atoms with Crippen LogP contribution in [0.3, 0.4) is 0 Å². The summed E-state index contributed by atoms with van der Waals surface area (Å²) in [7, 11) is 0. The summed E-state index contributed by atoms with van der Waals surface area (Å²) in [5, 5.41) is 13.6. The van der Waals surface area contributed by atoms with Crippen molar-refractivity contribution >= 4 is 43.9 Å². The van der Waals surface area contributed by atoms with Crippen LogP contribution < -0.4 is 0 Å². The highest BCUT2D eigenvalue weighted by atomic mass is 16.3. The van der Waals surface area contributed by atoms with Gasteiger partial charge in [0.25, 0.3) is 0 Å². The second kappa shape index (κ2) is 11.9. The van der Waals surface area contributed by atoms with Crippen molar-refractivity contribution in [3.8, 4) is 62.5 Å². The van der Waals surface area contributed by atoms with Crippen molar-refractivity contribution in [1.82, 2.24) is 15.0 Å². The van der Waals surface area contributed by atoms with Crippen molar-refractivity contribution in [2.24, 2.45) is 0 Å². The van der Waals surface area contributed by atoms with Gasteiger partial charge in [-0.15, -0.1) is 0 Å². The Hall–Kier alpha value is -7.36. The summed E-state index contributed by atoms with van der Waals surface area (Å²) in [6, 6.07) is 55.0. The first kappa shape index (κ1) is 29.5. The minimum absolute atomic E-state index is 0.496. The number of rotatable bonds is 5. The molecule has 0 aliphatic carbocycles. The van der Waals surface area contributed by atoms with Crippen molar-refractivity contribution < 1.29 is 8.83 Å². The lowest BCUT2D eigenvalue weighted by Crippen LogP contribution is -2.00. The van der Waals surface area contributed by atoms with E-state index in [0.717, 1.165) is 71.7 Å². The van der Waals surface area contributed by atoms with Crippen LogP contribution >= 0.6 is 0 Å². The SMILES string of the molecule is N#Cc1cccc2c1oc1cc(-c3nc(-c4ccc(-c5ccccc5)cc4)nc(-c4ccc5c(c4)oc4cccc(-c6ccccc6)c45)n3)ccc12. The molecule has 52 heavy (non-hydrogen) atoms. The monoisotopic (exact) mass is 666 g/mol. The molecule has 10 rings (SSSR count). The number of para-hydroxylation sites is 1. The van der Waals surface area contributed by atoms with E-state index in [-0.39, 0.29) is 0 Å². The summed E-state index contributed by atoms with van der Waals surface area (Å²) in [4.78, 5) is 15.0. The molecule has 3 heterocycles. The van der Waals surface area contributed by atoms with Gasteiger partial charge in [0.1, 0.15) is 22.8 Å². The minimum Gasteiger partial charge on any atom is -0.456 e. The number of hydrogen-bond donors (Lipinski definition) is 0.